The largest absolute Gasteiger partial charge is 0.281 e. The van der Waals surface area contributed by atoms with Gasteiger partial charge in [-0.05, 0) is 18.5 Å². The molecule has 0 amide bonds. The summed E-state index contributed by atoms with van der Waals surface area (Å²) in [7, 11) is 0. The van der Waals surface area contributed by atoms with E-state index in [0.717, 1.165) is 5.56 Å². The molecule has 1 aromatic carbocycles. The molecule has 1 heterocycles. The lowest BCUT2D eigenvalue weighted by Crippen LogP contribution is -1.92. The zero-order chi connectivity index (χ0) is 10.8. The van der Waals surface area contributed by atoms with Gasteiger partial charge in [-0.25, -0.2) is 0 Å². The van der Waals surface area contributed by atoms with Crippen LogP contribution in [-0.4, -0.2) is 15.4 Å². The Kier molecular flexibility index (Phi) is 2.56. The van der Waals surface area contributed by atoms with Crippen molar-refractivity contribution in [1.29, 1.82) is 0 Å². The van der Waals surface area contributed by atoms with E-state index >= 15 is 0 Å². The van der Waals surface area contributed by atoms with Crippen molar-refractivity contribution in [2.24, 2.45) is 0 Å². The first-order valence-electron chi connectivity index (χ1n) is 4.50. The first kappa shape index (κ1) is 9.93. The quantitative estimate of drug-likeness (QED) is 0.791. The lowest BCUT2D eigenvalue weighted by atomic mass is 10.1. The van der Waals surface area contributed by atoms with E-state index in [4.69, 9.17) is 11.6 Å². The number of aromatic amines is 1. The molecule has 0 saturated heterocycles. The minimum Gasteiger partial charge on any atom is -0.281 e. The van der Waals surface area contributed by atoms with Crippen molar-refractivity contribution in [3.05, 3.63) is 41.6 Å². The van der Waals surface area contributed by atoms with Crippen molar-refractivity contribution < 1.29 is 4.79 Å². The summed E-state index contributed by atoms with van der Waals surface area (Å²) < 4.78 is 0. The Balaban J connectivity index is 2.59. The Morgan fingerprint density at radius 3 is 2.60 bits per heavy atom. The van der Waals surface area contributed by atoms with E-state index in [1.807, 2.05) is 30.3 Å². The fourth-order valence-electron chi connectivity index (χ4n) is 1.47. The maximum atomic E-state index is 11.2. The van der Waals surface area contributed by atoms with Crippen molar-refractivity contribution in [1.82, 2.24) is 10.2 Å². The highest BCUT2D eigenvalue weighted by Gasteiger charge is 2.16. The van der Waals surface area contributed by atoms with E-state index in [9.17, 15) is 4.79 Å². The van der Waals surface area contributed by atoms with Crippen LogP contribution in [0.1, 0.15) is 16.1 Å². The highest BCUT2D eigenvalue weighted by molar-refractivity contribution is 6.68. The van der Waals surface area contributed by atoms with Crippen LogP contribution in [0.5, 0.6) is 0 Å². The first-order chi connectivity index (χ1) is 7.20. The number of aryl methyl sites for hydroxylation is 1. The Labute approximate surface area is 92.1 Å². The smallest absolute Gasteiger partial charge is 0.256 e. The molecule has 76 valence electrons. The average Bonchev–Trinajstić information content (AvgIpc) is 2.61. The van der Waals surface area contributed by atoms with Crippen molar-refractivity contribution in [2.45, 2.75) is 6.92 Å². The topological polar surface area (TPSA) is 45.8 Å². The number of H-pyrrole nitrogens is 1. The minimum absolute atomic E-state index is 0.447. The molecule has 0 atom stereocenters. The van der Waals surface area contributed by atoms with Crippen molar-refractivity contribution in [3.8, 4) is 11.3 Å². The average molecular weight is 221 g/mol. The van der Waals surface area contributed by atoms with Gasteiger partial charge < -0.3 is 0 Å². The molecule has 2 rings (SSSR count). The van der Waals surface area contributed by atoms with Crippen LogP contribution in [0.15, 0.2) is 30.3 Å². The van der Waals surface area contributed by atoms with E-state index in [1.54, 1.807) is 6.92 Å². The number of rotatable bonds is 2. The fourth-order valence-corrected chi connectivity index (χ4v) is 1.71. The van der Waals surface area contributed by atoms with Gasteiger partial charge in [-0.1, -0.05) is 30.3 Å². The molecule has 0 unspecified atom stereocenters. The molecule has 3 nitrogen and oxygen atoms in total. The monoisotopic (exact) mass is 220 g/mol. The predicted molar refractivity (Wildman–Crippen MR) is 58.9 cm³/mol. The number of nitrogens with zero attached hydrogens (tertiary/aromatic N) is 1. The summed E-state index contributed by atoms with van der Waals surface area (Å²) >= 11 is 5.51. The van der Waals surface area contributed by atoms with Gasteiger partial charge in [-0.3, -0.25) is 9.89 Å². The Morgan fingerprint density at radius 2 is 2.00 bits per heavy atom. The van der Waals surface area contributed by atoms with Crippen LogP contribution in [0.25, 0.3) is 11.3 Å². The van der Waals surface area contributed by atoms with Gasteiger partial charge in [0, 0.05) is 11.3 Å². The van der Waals surface area contributed by atoms with Gasteiger partial charge in [0.05, 0.1) is 5.56 Å². The van der Waals surface area contributed by atoms with Crippen molar-refractivity contribution in [2.75, 3.05) is 0 Å². The summed E-state index contributed by atoms with van der Waals surface area (Å²) in [5, 5.41) is 6.35. The molecular weight excluding hydrogens is 212 g/mol. The molecular formula is C11H9ClN2O. The van der Waals surface area contributed by atoms with Gasteiger partial charge in [0.25, 0.3) is 5.24 Å². The summed E-state index contributed by atoms with van der Waals surface area (Å²) in [5.74, 6) is 0. The van der Waals surface area contributed by atoms with Crippen LogP contribution in [0.3, 0.4) is 0 Å². The van der Waals surface area contributed by atoms with Gasteiger partial charge in [0.2, 0.25) is 0 Å². The fraction of sp³-hybridized carbons (Fsp3) is 0.0909. The molecule has 0 aliphatic carbocycles. The third-order valence-corrected chi connectivity index (χ3v) is 2.38. The first-order valence-corrected chi connectivity index (χ1v) is 4.88. The lowest BCUT2D eigenvalue weighted by molar-refractivity contribution is 0.108. The third kappa shape index (κ3) is 1.78. The number of hydrogen-bond acceptors (Lipinski definition) is 2. The lowest BCUT2D eigenvalue weighted by Gasteiger charge is -1.98. The maximum absolute atomic E-state index is 11.2. The van der Waals surface area contributed by atoms with Gasteiger partial charge in [0.1, 0.15) is 5.69 Å². The molecule has 15 heavy (non-hydrogen) atoms. The van der Waals surface area contributed by atoms with Crippen LogP contribution >= 0.6 is 11.6 Å². The van der Waals surface area contributed by atoms with E-state index < -0.39 is 5.24 Å². The number of hydrogen-bond donors (Lipinski definition) is 1. The van der Waals surface area contributed by atoms with Crippen LogP contribution in [0, 0.1) is 6.92 Å². The van der Waals surface area contributed by atoms with Gasteiger partial charge in [-0.15, -0.1) is 0 Å². The molecule has 0 aliphatic heterocycles. The number of carbonyl (C=O) groups excluding carboxylic acids is 1. The third-order valence-electron chi connectivity index (χ3n) is 2.19. The normalized spacial score (nSPS) is 10.3. The molecule has 4 heteroatoms. The molecule has 2 aromatic rings. The van der Waals surface area contributed by atoms with Gasteiger partial charge >= 0.3 is 0 Å². The number of halogens is 1. The molecule has 1 N–H and O–H groups in total. The molecule has 0 radical (unpaired) electrons. The Bertz CT molecular complexity index is 491. The number of benzene rings is 1. The van der Waals surface area contributed by atoms with E-state index in [1.165, 1.54) is 0 Å². The molecule has 0 saturated carbocycles. The predicted octanol–water partition coefficient (Wildman–Crippen LogP) is 2.76. The minimum atomic E-state index is -0.486. The second-order valence-electron chi connectivity index (χ2n) is 3.21. The highest BCUT2D eigenvalue weighted by atomic mass is 35.5. The van der Waals surface area contributed by atoms with Crippen LogP contribution < -0.4 is 0 Å². The summed E-state index contributed by atoms with van der Waals surface area (Å²) in [5.41, 5.74) is 2.62. The zero-order valence-corrected chi connectivity index (χ0v) is 8.88. The van der Waals surface area contributed by atoms with Crippen molar-refractivity contribution >= 4 is 16.8 Å². The SMILES string of the molecule is Cc1[nH]nc(-c2ccccc2)c1C(=O)Cl. The standard InChI is InChI=1S/C11H9ClN2O/c1-7-9(11(12)15)10(14-13-7)8-5-3-2-4-6-8/h2-6H,1H3,(H,13,14). The van der Waals surface area contributed by atoms with Crippen LogP contribution in [0.4, 0.5) is 0 Å². The van der Waals surface area contributed by atoms with Crippen molar-refractivity contribution in [3.63, 3.8) is 0 Å². The molecule has 1 aromatic heterocycles. The van der Waals surface area contributed by atoms with E-state index in [-0.39, 0.29) is 0 Å². The number of aromatic nitrogens is 2. The van der Waals surface area contributed by atoms with E-state index in [2.05, 4.69) is 10.2 Å². The maximum Gasteiger partial charge on any atom is 0.256 e. The van der Waals surface area contributed by atoms with Crippen LogP contribution in [0.2, 0.25) is 0 Å². The molecule has 0 bridgehead atoms. The van der Waals surface area contributed by atoms with E-state index in [0.29, 0.717) is 17.0 Å². The molecule has 0 spiro atoms. The summed E-state index contributed by atoms with van der Waals surface area (Å²) in [6.45, 7) is 1.77. The van der Waals surface area contributed by atoms with Crippen LogP contribution in [-0.2, 0) is 0 Å². The molecule has 0 aliphatic rings. The molecule has 0 fully saturated rings. The summed E-state index contributed by atoms with van der Waals surface area (Å²) in [4.78, 5) is 11.2. The Morgan fingerprint density at radius 1 is 1.33 bits per heavy atom. The number of nitrogens with one attached hydrogen (secondary N) is 1. The highest BCUT2D eigenvalue weighted by Crippen LogP contribution is 2.24. The Hall–Kier alpha value is -1.61. The summed E-state index contributed by atoms with van der Waals surface area (Å²) in [6, 6.07) is 9.47. The second-order valence-corrected chi connectivity index (χ2v) is 3.56. The van der Waals surface area contributed by atoms with Gasteiger partial charge in [0.15, 0.2) is 0 Å². The zero-order valence-electron chi connectivity index (χ0n) is 8.12. The second kappa shape index (κ2) is 3.87. The number of carbonyl (C=O) groups is 1. The van der Waals surface area contributed by atoms with Gasteiger partial charge in [-0.2, -0.15) is 5.10 Å². The summed E-state index contributed by atoms with van der Waals surface area (Å²) in [6.07, 6.45) is 0.